The molecule has 3 rings (SSSR count). The summed E-state index contributed by atoms with van der Waals surface area (Å²) in [7, 11) is 0. The summed E-state index contributed by atoms with van der Waals surface area (Å²) in [5.41, 5.74) is 1.28. The van der Waals surface area contributed by atoms with Gasteiger partial charge in [0.25, 0.3) is 5.91 Å². The lowest BCUT2D eigenvalue weighted by atomic mass is 10.2. The van der Waals surface area contributed by atoms with Crippen LogP contribution in [0.5, 0.6) is 5.75 Å². The zero-order valence-electron chi connectivity index (χ0n) is 9.89. The number of carbonyl (C=O) groups is 1. The number of amides is 1. The molecular weight excluding hydrogens is 284 g/mol. The number of rotatable bonds is 3. The van der Waals surface area contributed by atoms with Gasteiger partial charge in [-0.3, -0.25) is 10.1 Å². The second-order valence-electron chi connectivity index (χ2n) is 4.47. The van der Waals surface area contributed by atoms with E-state index in [-0.39, 0.29) is 17.2 Å². The predicted molar refractivity (Wildman–Crippen MR) is 75.2 cm³/mol. The van der Waals surface area contributed by atoms with E-state index in [9.17, 15) is 9.90 Å². The molecule has 6 heteroatoms. The first-order valence-electron chi connectivity index (χ1n) is 5.89. The molecule has 1 aliphatic carbocycles. The quantitative estimate of drug-likeness (QED) is 0.908. The van der Waals surface area contributed by atoms with Crippen LogP contribution in [0, 0.1) is 0 Å². The molecule has 0 atom stereocenters. The highest BCUT2D eigenvalue weighted by molar-refractivity contribution is 7.14. The fraction of sp³-hybridized carbons (Fsp3) is 0.231. The van der Waals surface area contributed by atoms with Crippen LogP contribution in [-0.4, -0.2) is 16.0 Å². The van der Waals surface area contributed by atoms with Gasteiger partial charge in [-0.05, 0) is 31.0 Å². The van der Waals surface area contributed by atoms with Gasteiger partial charge >= 0.3 is 0 Å². The van der Waals surface area contributed by atoms with Gasteiger partial charge in [-0.1, -0.05) is 11.6 Å². The van der Waals surface area contributed by atoms with Crippen LogP contribution in [0.15, 0.2) is 23.6 Å². The summed E-state index contributed by atoms with van der Waals surface area (Å²) in [6.07, 6.45) is 2.35. The Bertz CT molecular complexity index is 637. The number of phenolic OH excluding ortho intramolecular Hbond substituents is 1. The van der Waals surface area contributed by atoms with Gasteiger partial charge in [0.1, 0.15) is 5.75 Å². The van der Waals surface area contributed by atoms with Crippen LogP contribution in [0.25, 0.3) is 0 Å². The van der Waals surface area contributed by atoms with Crippen LogP contribution >= 0.6 is 22.9 Å². The van der Waals surface area contributed by atoms with Gasteiger partial charge in [0.05, 0.1) is 16.3 Å². The van der Waals surface area contributed by atoms with Crippen molar-refractivity contribution in [2.75, 3.05) is 5.32 Å². The van der Waals surface area contributed by atoms with E-state index < -0.39 is 0 Å². The Morgan fingerprint density at radius 2 is 2.26 bits per heavy atom. The molecule has 0 aliphatic heterocycles. The Morgan fingerprint density at radius 3 is 3.00 bits per heavy atom. The van der Waals surface area contributed by atoms with E-state index in [1.807, 2.05) is 5.38 Å². The number of phenols is 1. The minimum absolute atomic E-state index is 0.00681. The zero-order valence-corrected chi connectivity index (χ0v) is 11.5. The maximum Gasteiger partial charge on any atom is 0.259 e. The highest BCUT2D eigenvalue weighted by Crippen LogP contribution is 2.40. The summed E-state index contributed by atoms with van der Waals surface area (Å²) in [6.45, 7) is 0. The van der Waals surface area contributed by atoms with E-state index in [0.717, 1.165) is 5.69 Å². The van der Waals surface area contributed by atoms with E-state index in [1.54, 1.807) is 0 Å². The average Bonchev–Trinajstić information content (AvgIpc) is 3.13. The molecule has 0 radical (unpaired) electrons. The van der Waals surface area contributed by atoms with Crippen molar-refractivity contribution in [3.63, 3.8) is 0 Å². The summed E-state index contributed by atoms with van der Waals surface area (Å²) < 4.78 is 0. The molecule has 1 heterocycles. The summed E-state index contributed by atoms with van der Waals surface area (Å²) in [5, 5.41) is 14.9. The van der Waals surface area contributed by atoms with Crippen LogP contribution < -0.4 is 5.32 Å². The number of benzene rings is 1. The Labute approximate surface area is 119 Å². The van der Waals surface area contributed by atoms with Crippen molar-refractivity contribution < 1.29 is 9.90 Å². The van der Waals surface area contributed by atoms with Crippen molar-refractivity contribution in [3.8, 4) is 5.75 Å². The lowest BCUT2D eigenvalue weighted by Gasteiger charge is -2.04. The van der Waals surface area contributed by atoms with Gasteiger partial charge in [0.15, 0.2) is 5.13 Å². The number of anilines is 1. The molecule has 0 unspecified atom stereocenters. The van der Waals surface area contributed by atoms with Crippen LogP contribution in [0.3, 0.4) is 0 Å². The van der Waals surface area contributed by atoms with Crippen LogP contribution in [0.4, 0.5) is 5.13 Å². The van der Waals surface area contributed by atoms with Gasteiger partial charge < -0.3 is 5.11 Å². The van der Waals surface area contributed by atoms with Gasteiger partial charge in [-0.2, -0.15) is 0 Å². The first kappa shape index (κ1) is 12.4. The van der Waals surface area contributed by atoms with E-state index in [1.165, 1.54) is 42.4 Å². The lowest BCUT2D eigenvalue weighted by Crippen LogP contribution is -2.12. The summed E-state index contributed by atoms with van der Waals surface area (Å²) in [5.74, 6) is 0.205. The standard InChI is InChI=1S/C13H11ClN2O2S/c14-10-4-3-8(17)5-9(10)12(18)16-13-15-11(6-19-13)7-1-2-7/h3-7,17H,1-2H2,(H,15,16,18). The molecule has 1 fully saturated rings. The van der Waals surface area contributed by atoms with Gasteiger partial charge in [-0.15, -0.1) is 11.3 Å². The normalized spacial score (nSPS) is 14.4. The third-order valence-electron chi connectivity index (χ3n) is 2.93. The average molecular weight is 295 g/mol. The fourth-order valence-corrected chi connectivity index (χ4v) is 2.75. The van der Waals surface area contributed by atoms with Crippen molar-refractivity contribution in [2.45, 2.75) is 18.8 Å². The molecule has 0 spiro atoms. The van der Waals surface area contributed by atoms with Crippen LogP contribution in [0.2, 0.25) is 5.02 Å². The highest BCUT2D eigenvalue weighted by atomic mass is 35.5. The Balaban J connectivity index is 1.77. The van der Waals surface area contributed by atoms with Crippen molar-refractivity contribution in [1.82, 2.24) is 4.98 Å². The highest BCUT2D eigenvalue weighted by Gasteiger charge is 2.26. The molecule has 1 amide bonds. The number of nitrogens with zero attached hydrogens (tertiary/aromatic N) is 1. The molecular formula is C13H11ClN2O2S. The van der Waals surface area contributed by atoms with E-state index in [2.05, 4.69) is 10.3 Å². The third-order valence-corrected chi connectivity index (χ3v) is 4.04. The summed E-state index contributed by atoms with van der Waals surface area (Å²) >= 11 is 7.34. The van der Waals surface area contributed by atoms with E-state index in [4.69, 9.17) is 11.6 Å². The number of halogens is 1. The first-order chi connectivity index (χ1) is 9.13. The Hall–Kier alpha value is -1.59. The predicted octanol–water partition coefficient (Wildman–Crippen LogP) is 3.63. The molecule has 1 aliphatic rings. The molecule has 1 aromatic carbocycles. The van der Waals surface area contributed by atoms with Crippen molar-refractivity contribution >= 4 is 34.0 Å². The molecule has 1 saturated carbocycles. The summed E-state index contributed by atoms with van der Waals surface area (Å²) in [6, 6.07) is 4.27. The Morgan fingerprint density at radius 1 is 1.47 bits per heavy atom. The van der Waals surface area contributed by atoms with E-state index in [0.29, 0.717) is 16.1 Å². The number of aromatic hydroxyl groups is 1. The lowest BCUT2D eigenvalue weighted by molar-refractivity contribution is 0.102. The molecule has 4 nitrogen and oxygen atoms in total. The maximum atomic E-state index is 12.0. The van der Waals surface area contributed by atoms with Crippen molar-refractivity contribution in [1.29, 1.82) is 0 Å². The fourth-order valence-electron chi connectivity index (χ4n) is 1.76. The number of aromatic nitrogens is 1. The molecule has 0 saturated heterocycles. The van der Waals surface area contributed by atoms with E-state index >= 15 is 0 Å². The minimum Gasteiger partial charge on any atom is -0.508 e. The smallest absolute Gasteiger partial charge is 0.259 e. The number of nitrogens with one attached hydrogen (secondary N) is 1. The Kier molecular flexibility index (Phi) is 3.16. The minimum atomic E-state index is -0.363. The van der Waals surface area contributed by atoms with Gasteiger partial charge in [0.2, 0.25) is 0 Å². The van der Waals surface area contributed by atoms with Crippen molar-refractivity contribution in [2.24, 2.45) is 0 Å². The SMILES string of the molecule is O=C(Nc1nc(C2CC2)cs1)c1cc(O)ccc1Cl. The van der Waals surface area contributed by atoms with Crippen LogP contribution in [0.1, 0.15) is 34.8 Å². The zero-order chi connectivity index (χ0) is 13.4. The molecule has 19 heavy (non-hydrogen) atoms. The van der Waals surface area contributed by atoms with Crippen LogP contribution in [-0.2, 0) is 0 Å². The third kappa shape index (κ3) is 2.72. The maximum absolute atomic E-state index is 12.0. The largest absolute Gasteiger partial charge is 0.508 e. The van der Waals surface area contributed by atoms with Gasteiger partial charge in [-0.25, -0.2) is 4.98 Å². The van der Waals surface area contributed by atoms with Crippen molar-refractivity contribution in [3.05, 3.63) is 39.9 Å². The number of thiazole rings is 1. The molecule has 2 aromatic rings. The molecule has 2 N–H and O–H groups in total. The van der Waals surface area contributed by atoms with Gasteiger partial charge in [0, 0.05) is 11.3 Å². The monoisotopic (exact) mass is 294 g/mol. The topological polar surface area (TPSA) is 62.2 Å². The first-order valence-corrected chi connectivity index (χ1v) is 7.14. The summed E-state index contributed by atoms with van der Waals surface area (Å²) in [4.78, 5) is 16.4. The number of hydrogen-bond donors (Lipinski definition) is 2. The molecule has 1 aromatic heterocycles. The number of hydrogen-bond acceptors (Lipinski definition) is 4. The second-order valence-corrected chi connectivity index (χ2v) is 5.74. The molecule has 98 valence electrons. The number of carbonyl (C=O) groups excluding carboxylic acids is 1. The molecule has 0 bridgehead atoms. The second kappa shape index (κ2) is 4.83.